The molecule has 0 unspecified atom stereocenters. The lowest BCUT2D eigenvalue weighted by atomic mass is 9.72. The highest BCUT2D eigenvalue weighted by Gasteiger charge is 3.05. The van der Waals surface area contributed by atoms with Crippen molar-refractivity contribution in [3.63, 3.8) is 0 Å². The molecule has 0 saturated heterocycles. The van der Waals surface area contributed by atoms with Crippen LogP contribution in [0.15, 0.2) is 74.4 Å². The number of halogens is 48. The fourth-order valence-electron chi connectivity index (χ4n) is 8.65. The SMILES string of the molecule is C=C(C)C(=O)OCCOC(=O)C(F)(F)CC(F)(F)CC(F)(F)F.C=C(C)C(=O)OCCOC(=O)C(F)(F)CC(F)(F)CC(F)F.C=C(C)C(=O)OCCOC(=O)C1(F)C(F)(F)C(F)(F)C(F)(F)C(F)(F)C1(F)F.C=CC(=O)OCCOC(=O)C(F)(F)CC(F)(F)CC(F)(F)F.C=CC(=O)OCCOC(=O)C(F)(F)CC(F)(F)CC(F)F.C=CC(=O)OCCOC(=O)C1(F)C(F)(F)C(F)(F)C(F)(F)C(F)(F)C1(F)F. The third-order valence-electron chi connectivity index (χ3n) is 15.3. The Labute approximate surface area is 764 Å². The molecule has 0 radical (unpaired) electrons. The molecule has 72 heteroatoms. The average molecular weight is 2220 g/mol. The van der Waals surface area contributed by atoms with Crippen LogP contribution in [0.1, 0.15) is 72.1 Å². The van der Waals surface area contributed by atoms with Gasteiger partial charge >= 0.3 is 178 Å². The van der Waals surface area contributed by atoms with Crippen LogP contribution < -0.4 is 0 Å². The summed E-state index contributed by atoms with van der Waals surface area (Å²) in [5, 5.41) is 0. The summed E-state index contributed by atoms with van der Waals surface area (Å²) in [5.41, 5.74) is -14.0. The maximum Gasteiger partial charge on any atom is 0.394 e. The predicted molar refractivity (Wildman–Crippen MR) is 364 cm³/mol. The van der Waals surface area contributed by atoms with Crippen molar-refractivity contribution in [2.24, 2.45) is 0 Å². The van der Waals surface area contributed by atoms with E-state index in [0.717, 1.165) is 19.1 Å². The lowest BCUT2D eigenvalue weighted by Gasteiger charge is -2.50. The molecule has 0 aromatic carbocycles. The smallest absolute Gasteiger partial charge is 0.394 e. The molecule has 0 amide bonds. The molecule has 24 nitrogen and oxygen atoms in total. The normalized spacial score (nSPS) is 17.5. The summed E-state index contributed by atoms with van der Waals surface area (Å²) in [7, 11) is 0. The van der Waals surface area contributed by atoms with Crippen LogP contribution in [-0.2, 0) is 114 Å². The van der Waals surface area contributed by atoms with Crippen LogP contribution in [0.4, 0.5) is 211 Å². The predicted octanol–water partition coefficient (Wildman–Crippen LogP) is 18.4. The topological polar surface area (TPSA) is 316 Å². The maximum atomic E-state index is 14.2. The molecule has 2 aliphatic rings. The highest BCUT2D eigenvalue weighted by molar-refractivity contribution is 5.89. The van der Waals surface area contributed by atoms with E-state index in [-0.39, 0.29) is 16.7 Å². The number of hydrogen-bond donors (Lipinski definition) is 0. The first-order valence-electron chi connectivity index (χ1n) is 36.2. The first-order chi connectivity index (χ1) is 63.4. The number of ether oxygens (including phenoxy) is 12. The largest absolute Gasteiger partial charge is 0.459 e. The van der Waals surface area contributed by atoms with E-state index in [9.17, 15) is 268 Å². The van der Waals surface area contributed by atoms with Crippen molar-refractivity contribution in [1.29, 1.82) is 0 Å². The van der Waals surface area contributed by atoms with Crippen LogP contribution in [0, 0.1) is 0 Å². The maximum absolute atomic E-state index is 14.2. The van der Waals surface area contributed by atoms with E-state index in [1.54, 1.807) is 0 Å². The number of rotatable bonds is 44. The molecular weight excluding hydrogens is 2150 g/mol. The van der Waals surface area contributed by atoms with Crippen molar-refractivity contribution in [1.82, 2.24) is 0 Å². The van der Waals surface area contributed by atoms with Crippen LogP contribution in [0.25, 0.3) is 0 Å². The minimum Gasteiger partial charge on any atom is -0.459 e. The van der Waals surface area contributed by atoms with Gasteiger partial charge in [-0.2, -0.15) is 149 Å². The van der Waals surface area contributed by atoms with E-state index >= 15 is 0 Å². The fraction of sp³-hybridized carbons (Fsp3) is 0.662. The molecule has 830 valence electrons. The second kappa shape index (κ2) is 51.5. The van der Waals surface area contributed by atoms with Gasteiger partial charge in [0.1, 0.15) is 92.1 Å². The molecule has 143 heavy (non-hydrogen) atoms. The van der Waals surface area contributed by atoms with Gasteiger partial charge in [0.25, 0.3) is 23.7 Å². The van der Waals surface area contributed by atoms with Gasteiger partial charge in [-0.3, -0.25) is 0 Å². The Bertz CT molecular complexity index is 4330. The van der Waals surface area contributed by atoms with Crippen LogP contribution in [0.5, 0.6) is 0 Å². The molecule has 0 N–H and O–H groups in total. The number of hydrogen-bond acceptors (Lipinski definition) is 24. The third kappa shape index (κ3) is 38.0. The van der Waals surface area contributed by atoms with E-state index in [1.165, 1.54) is 13.8 Å². The van der Waals surface area contributed by atoms with E-state index in [1.807, 2.05) is 0 Å². The Morgan fingerprint density at radius 2 is 0.392 bits per heavy atom. The first-order valence-corrected chi connectivity index (χ1v) is 36.2. The standard InChI is InChI=1S/C13H9F11O4.C12H7F11O4.C12H13F7O4.C12H14F6O4.C11H11F7O4.C11H12F6O4/c1-5(2)6(25)27-3-4-28-7(26)8(14)9(15,16)11(19,20)13(23,24)12(21,22)10(8,17)18;1-2-5(24)26-3-4-27-6(25)7(13)8(14,15)10(18,19)12(22,23)11(20,21)9(7,16)17;1-7(2)8(20)22-3-4-23-9(21)11(15,16)5-10(13,14)6-12(17,18)19;1-7(2)9(19)21-3-4-22-10(20)12(17,18)6-11(15,16)5-8(13)14;1-2-7(19)21-3-4-22-8(20)10(14,15)5-9(12,13)6-11(16,17)18;1-2-8(18)20-3-4-21-9(19)11(16,17)6-10(14,15)5-7(12)13/h1,3-4H2,2H3;2H,1,3-4H2;1,3-6H2,2H3;8H,1,3-6H2,2H3;2H,1,3-6H2;2,7H,1,3-6H2. The quantitative estimate of drug-likeness (QED) is 0.0180. The third-order valence-corrected chi connectivity index (χ3v) is 15.3. The molecule has 2 rings (SSSR count). The van der Waals surface area contributed by atoms with Crippen LogP contribution in [0.3, 0.4) is 0 Å². The van der Waals surface area contributed by atoms with Gasteiger partial charge in [0.2, 0.25) is 12.9 Å². The van der Waals surface area contributed by atoms with Gasteiger partial charge in [-0.05, 0) is 20.8 Å². The van der Waals surface area contributed by atoms with Gasteiger partial charge in [-0.25, -0.2) is 119 Å². The first kappa shape index (κ1) is 138. The molecule has 2 saturated carbocycles. The lowest BCUT2D eigenvalue weighted by molar-refractivity contribution is -0.478. The summed E-state index contributed by atoms with van der Waals surface area (Å²) >= 11 is 0. The van der Waals surface area contributed by atoms with Crippen molar-refractivity contribution >= 4 is 71.6 Å². The molecule has 2 aliphatic carbocycles. The zero-order valence-corrected chi connectivity index (χ0v) is 70.7. The molecule has 0 bridgehead atoms. The Morgan fingerprint density at radius 1 is 0.238 bits per heavy atom. The second-order valence-electron chi connectivity index (χ2n) is 27.5. The van der Waals surface area contributed by atoms with Crippen molar-refractivity contribution in [3.8, 4) is 0 Å². The van der Waals surface area contributed by atoms with Crippen LogP contribution in [-0.4, -0.2) is 294 Å². The fourth-order valence-corrected chi connectivity index (χ4v) is 8.65. The summed E-state index contributed by atoms with van der Waals surface area (Å²) in [6.45, 7) is 10.9. The molecular formula is C71H66F48O24. The van der Waals surface area contributed by atoms with Crippen LogP contribution in [0.2, 0.25) is 0 Å². The molecule has 0 spiro atoms. The summed E-state index contributed by atoms with van der Waals surface area (Å²) in [6, 6.07) is 0. The number of esters is 12. The molecule has 0 aromatic rings. The number of alkyl halides is 48. The summed E-state index contributed by atoms with van der Waals surface area (Å²) in [4.78, 5) is 131. The van der Waals surface area contributed by atoms with Crippen molar-refractivity contribution < 1.29 is 325 Å². The second-order valence-corrected chi connectivity index (χ2v) is 27.5. The van der Waals surface area contributed by atoms with Crippen molar-refractivity contribution in [2.75, 3.05) is 79.3 Å². The molecule has 0 atom stereocenters. The zero-order valence-electron chi connectivity index (χ0n) is 70.7. The summed E-state index contributed by atoms with van der Waals surface area (Å²) in [6.07, 6.45) is -35.6. The van der Waals surface area contributed by atoms with E-state index in [2.05, 4.69) is 96.3 Å². The Hall–Kier alpha value is -11.3. The summed E-state index contributed by atoms with van der Waals surface area (Å²) in [5.74, 6) is -134. The Balaban J connectivity index is -0.000000814. The highest BCUT2D eigenvalue weighted by Crippen LogP contribution is 2.71. The van der Waals surface area contributed by atoms with E-state index in [0.29, 0.717) is 6.08 Å². The molecule has 2 fully saturated rings. The van der Waals surface area contributed by atoms with Gasteiger partial charge in [0.15, 0.2) is 0 Å². The highest BCUT2D eigenvalue weighted by atomic mass is 19.4. The minimum absolute atomic E-state index is 0.0169. The summed E-state index contributed by atoms with van der Waals surface area (Å²) < 4.78 is 667. The van der Waals surface area contributed by atoms with Gasteiger partial charge in [0, 0.05) is 34.9 Å². The van der Waals surface area contributed by atoms with Crippen molar-refractivity contribution in [3.05, 3.63) is 74.4 Å². The number of carbonyl (C=O) groups is 12. The molecule has 0 aliphatic heterocycles. The average Bonchev–Trinajstić information content (AvgIpc) is 0.662. The van der Waals surface area contributed by atoms with E-state index in [4.69, 9.17) is 0 Å². The van der Waals surface area contributed by atoms with Gasteiger partial charge in [0.05, 0.1) is 38.5 Å². The number of carbonyl (C=O) groups excluding carboxylic acids is 12. The van der Waals surface area contributed by atoms with Crippen molar-refractivity contribution in [2.45, 2.75) is 215 Å². The molecule has 0 heterocycles. The van der Waals surface area contributed by atoms with Crippen LogP contribution >= 0.6 is 0 Å². The molecule has 0 aromatic heterocycles. The van der Waals surface area contributed by atoms with Gasteiger partial charge < -0.3 is 56.8 Å². The minimum atomic E-state index is -7.43. The zero-order chi connectivity index (χ0) is 115. The van der Waals surface area contributed by atoms with Gasteiger partial charge in [-0.15, -0.1) is 0 Å². The van der Waals surface area contributed by atoms with Gasteiger partial charge in [-0.1, -0.05) is 39.5 Å². The Kier molecular flexibility index (Phi) is 49.7. The monoisotopic (exact) mass is 2210 g/mol. The van der Waals surface area contributed by atoms with E-state index < -0.39 is 345 Å². The lowest BCUT2D eigenvalue weighted by Crippen LogP contribution is -2.85. The Morgan fingerprint density at radius 3 is 0.552 bits per heavy atom.